The molecule has 2 N–H and O–H groups in total. The predicted octanol–water partition coefficient (Wildman–Crippen LogP) is 0.429. The van der Waals surface area contributed by atoms with Gasteiger partial charge in [-0.3, -0.25) is 14.5 Å². The van der Waals surface area contributed by atoms with Crippen molar-refractivity contribution in [2.24, 2.45) is 5.92 Å². The van der Waals surface area contributed by atoms with Crippen LogP contribution in [0.25, 0.3) is 0 Å². The van der Waals surface area contributed by atoms with Crippen LogP contribution in [0.3, 0.4) is 0 Å². The van der Waals surface area contributed by atoms with Gasteiger partial charge in [-0.2, -0.15) is 0 Å². The van der Waals surface area contributed by atoms with Gasteiger partial charge in [-0.15, -0.1) is 0 Å². The van der Waals surface area contributed by atoms with Gasteiger partial charge in [0.15, 0.2) is 0 Å². The van der Waals surface area contributed by atoms with E-state index in [1.165, 1.54) is 0 Å². The van der Waals surface area contributed by atoms with E-state index in [-0.39, 0.29) is 37.8 Å². The molecule has 0 heterocycles. The molecule has 22 heavy (non-hydrogen) atoms. The molecule has 7 nitrogen and oxygen atoms in total. The number of hydrogen-bond acceptors (Lipinski definition) is 7. The van der Waals surface area contributed by atoms with Crippen molar-refractivity contribution in [1.29, 1.82) is 0 Å². The average molecular weight is 321 g/mol. The van der Waals surface area contributed by atoms with Gasteiger partial charge in [0.1, 0.15) is 0 Å². The Kier molecular flexibility index (Phi) is 14.1. The van der Waals surface area contributed by atoms with Gasteiger partial charge < -0.3 is 19.7 Å². The van der Waals surface area contributed by atoms with Crippen LogP contribution in [-0.4, -0.2) is 73.1 Å². The van der Waals surface area contributed by atoms with Crippen LogP contribution in [0.1, 0.15) is 34.1 Å². The molecule has 7 heteroatoms. The first-order valence-electron chi connectivity index (χ1n) is 7.40. The lowest BCUT2D eigenvalue weighted by molar-refractivity contribution is -0.154. The van der Waals surface area contributed by atoms with Crippen molar-refractivity contribution in [2.75, 3.05) is 33.9 Å². The first kappa shape index (κ1) is 23.1. The van der Waals surface area contributed by atoms with Gasteiger partial charge in [0, 0.05) is 6.61 Å². The first-order valence-corrected chi connectivity index (χ1v) is 7.40. The molecule has 0 aliphatic carbocycles. The zero-order chi connectivity index (χ0) is 17.7. The number of hydrogen-bond donors (Lipinski definition) is 2. The zero-order valence-corrected chi connectivity index (χ0v) is 14.5. The van der Waals surface area contributed by atoms with E-state index in [1.807, 2.05) is 27.9 Å². The van der Waals surface area contributed by atoms with E-state index in [0.29, 0.717) is 6.54 Å². The van der Waals surface area contributed by atoms with Crippen molar-refractivity contribution < 1.29 is 29.3 Å². The molecule has 1 atom stereocenters. The second-order valence-electron chi connectivity index (χ2n) is 5.65. The Morgan fingerprint density at radius 1 is 1.00 bits per heavy atom. The lowest BCUT2D eigenvalue weighted by Gasteiger charge is -2.14. The number of carbonyl (C=O) groups is 2. The molecule has 0 saturated carbocycles. The number of rotatable bonds is 8. The molecule has 0 spiro atoms. The van der Waals surface area contributed by atoms with Gasteiger partial charge in [-0.1, -0.05) is 0 Å². The van der Waals surface area contributed by atoms with Gasteiger partial charge in [0.05, 0.1) is 31.3 Å². The van der Waals surface area contributed by atoms with Gasteiger partial charge in [0.25, 0.3) is 0 Å². The second-order valence-corrected chi connectivity index (χ2v) is 5.65. The SMILES string of the molecule is CC(C)OC(=O)C(CO)CCO.CC(C)OC(=O)CN(C)C. The lowest BCUT2D eigenvalue weighted by Crippen LogP contribution is -2.25. The average Bonchev–Trinajstić information content (AvgIpc) is 2.33. The quantitative estimate of drug-likeness (QED) is 0.626. The predicted molar refractivity (Wildman–Crippen MR) is 83.3 cm³/mol. The highest BCUT2D eigenvalue weighted by Gasteiger charge is 2.19. The molecule has 0 radical (unpaired) electrons. The van der Waals surface area contributed by atoms with Crippen LogP contribution in [-0.2, 0) is 19.1 Å². The molecular weight excluding hydrogens is 290 g/mol. The Balaban J connectivity index is 0. The summed E-state index contributed by atoms with van der Waals surface area (Å²) in [7, 11) is 3.67. The molecule has 0 saturated heterocycles. The van der Waals surface area contributed by atoms with Crippen LogP contribution in [0.4, 0.5) is 0 Å². The largest absolute Gasteiger partial charge is 0.463 e. The fourth-order valence-electron chi connectivity index (χ4n) is 1.33. The summed E-state index contributed by atoms with van der Waals surface area (Å²) in [5, 5.41) is 17.3. The minimum atomic E-state index is -0.586. The number of nitrogens with zero attached hydrogens (tertiary/aromatic N) is 1. The Morgan fingerprint density at radius 3 is 1.82 bits per heavy atom. The van der Waals surface area contributed by atoms with Crippen molar-refractivity contribution in [3.05, 3.63) is 0 Å². The molecule has 0 bridgehead atoms. The second kappa shape index (κ2) is 13.5. The van der Waals surface area contributed by atoms with Crippen LogP contribution in [0.15, 0.2) is 0 Å². The minimum Gasteiger partial charge on any atom is -0.463 e. The summed E-state index contributed by atoms with van der Waals surface area (Å²) in [4.78, 5) is 23.7. The van der Waals surface area contributed by atoms with Gasteiger partial charge in [-0.25, -0.2) is 0 Å². The molecular formula is C15H31NO6. The van der Waals surface area contributed by atoms with E-state index in [2.05, 4.69) is 0 Å². The van der Waals surface area contributed by atoms with E-state index in [9.17, 15) is 9.59 Å². The van der Waals surface area contributed by atoms with Crippen LogP contribution in [0.5, 0.6) is 0 Å². The van der Waals surface area contributed by atoms with Crippen LogP contribution >= 0.6 is 0 Å². The monoisotopic (exact) mass is 321 g/mol. The highest BCUT2D eigenvalue weighted by atomic mass is 16.5. The maximum atomic E-state index is 11.1. The minimum absolute atomic E-state index is 0.00699. The van der Waals surface area contributed by atoms with E-state index in [4.69, 9.17) is 19.7 Å². The van der Waals surface area contributed by atoms with E-state index < -0.39 is 11.9 Å². The standard InChI is InChI=1S/C8H16O4.C7H15NO2/c1-6(2)12-8(11)7(5-10)3-4-9;1-6(2)10-7(9)5-8(3)4/h6-7,9-10H,3-5H2,1-2H3;6H,5H2,1-4H3. The molecule has 0 aliphatic rings. The Labute approximate surface area is 133 Å². The smallest absolute Gasteiger partial charge is 0.320 e. The van der Waals surface area contributed by atoms with Crippen molar-refractivity contribution in [2.45, 2.75) is 46.3 Å². The summed E-state index contributed by atoms with van der Waals surface area (Å²) in [6.07, 6.45) is 0.0693. The summed E-state index contributed by atoms with van der Waals surface area (Å²) in [6, 6.07) is 0. The van der Waals surface area contributed by atoms with Gasteiger partial charge >= 0.3 is 11.9 Å². The topological polar surface area (TPSA) is 96.3 Å². The lowest BCUT2D eigenvalue weighted by atomic mass is 10.1. The first-order chi connectivity index (χ1) is 10.1. The summed E-state index contributed by atoms with van der Waals surface area (Å²) >= 11 is 0. The molecule has 1 unspecified atom stereocenters. The number of esters is 2. The van der Waals surface area contributed by atoms with Crippen molar-refractivity contribution in [3.8, 4) is 0 Å². The summed E-state index contributed by atoms with van der Waals surface area (Å²) < 4.78 is 9.73. The van der Waals surface area contributed by atoms with Crippen LogP contribution in [0.2, 0.25) is 0 Å². The summed E-state index contributed by atoms with van der Waals surface area (Å²) in [5.74, 6) is -1.20. The molecule has 0 aliphatic heterocycles. The van der Waals surface area contributed by atoms with Crippen molar-refractivity contribution >= 4 is 11.9 Å². The fraction of sp³-hybridized carbons (Fsp3) is 0.867. The molecule has 132 valence electrons. The summed E-state index contributed by atoms with van der Waals surface area (Å²) in [5.41, 5.74) is 0. The van der Waals surface area contributed by atoms with Crippen molar-refractivity contribution in [1.82, 2.24) is 4.90 Å². The molecule has 0 fully saturated rings. The third-order valence-electron chi connectivity index (χ3n) is 2.20. The van der Waals surface area contributed by atoms with Gasteiger partial charge in [0.2, 0.25) is 0 Å². The summed E-state index contributed by atoms with van der Waals surface area (Å²) in [6.45, 7) is 7.14. The number of likely N-dealkylation sites (N-methyl/N-ethyl adjacent to an activating group) is 1. The van der Waals surface area contributed by atoms with Crippen LogP contribution in [0, 0.1) is 5.92 Å². The number of aliphatic hydroxyl groups excluding tert-OH is 2. The fourth-order valence-corrected chi connectivity index (χ4v) is 1.33. The van der Waals surface area contributed by atoms with Crippen LogP contribution < -0.4 is 0 Å². The Morgan fingerprint density at radius 2 is 1.50 bits per heavy atom. The highest BCUT2D eigenvalue weighted by molar-refractivity contribution is 5.72. The number of ether oxygens (including phenoxy) is 2. The molecule has 0 amide bonds. The normalized spacial score (nSPS) is 12.0. The zero-order valence-electron chi connectivity index (χ0n) is 14.5. The van der Waals surface area contributed by atoms with Crippen molar-refractivity contribution in [3.63, 3.8) is 0 Å². The molecule has 0 rings (SSSR count). The third-order valence-corrected chi connectivity index (χ3v) is 2.20. The third kappa shape index (κ3) is 15.2. The Hall–Kier alpha value is -1.18. The molecule has 0 aromatic carbocycles. The maximum absolute atomic E-state index is 11.1. The molecule has 0 aromatic rings. The Bertz CT molecular complexity index is 292. The van der Waals surface area contributed by atoms with E-state index in [1.54, 1.807) is 18.7 Å². The number of aliphatic hydroxyl groups is 2. The molecule has 0 aromatic heterocycles. The van der Waals surface area contributed by atoms with Gasteiger partial charge in [-0.05, 0) is 48.2 Å². The highest BCUT2D eigenvalue weighted by Crippen LogP contribution is 2.05. The number of carbonyl (C=O) groups excluding carboxylic acids is 2. The maximum Gasteiger partial charge on any atom is 0.320 e. The van der Waals surface area contributed by atoms with E-state index >= 15 is 0 Å². The van der Waals surface area contributed by atoms with E-state index in [0.717, 1.165) is 0 Å².